The first kappa shape index (κ1) is 11.7. The predicted molar refractivity (Wildman–Crippen MR) is 64.8 cm³/mol. The summed E-state index contributed by atoms with van der Waals surface area (Å²) in [7, 11) is 0. The Kier molecular flexibility index (Phi) is 3.77. The van der Waals surface area contributed by atoms with E-state index in [9.17, 15) is 4.79 Å². The van der Waals surface area contributed by atoms with Crippen LogP contribution in [-0.4, -0.2) is 32.1 Å². The molecule has 0 saturated carbocycles. The van der Waals surface area contributed by atoms with Crippen molar-refractivity contribution in [3.63, 3.8) is 0 Å². The van der Waals surface area contributed by atoms with Crippen molar-refractivity contribution >= 4 is 5.78 Å². The summed E-state index contributed by atoms with van der Waals surface area (Å²) in [6, 6.07) is 5.26. The number of hydrogen-bond donors (Lipinski definition) is 1. The number of rotatable bonds is 5. The molecule has 1 aromatic carbocycles. The van der Waals surface area contributed by atoms with Gasteiger partial charge < -0.3 is 14.8 Å². The summed E-state index contributed by atoms with van der Waals surface area (Å²) in [5.74, 6) is 1.38. The van der Waals surface area contributed by atoms with Crippen LogP contribution in [0.15, 0.2) is 30.9 Å². The van der Waals surface area contributed by atoms with Crippen molar-refractivity contribution in [3.05, 3.63) is 36.4 Å². The molecule has 0 amide bonds. The van der Waals surface area contributed by atoms with E-state index in [1.807, 2.05) is 0 Å². The second-order valence-electron chi connectivity index (χ2n) is 3.70. The van der Waals surface area contributed by atoms with E-state index in [2.05, 4.69) is 11.9 Å². The number of nitrogens with one attached hydrogen (secondary N) is 1. The number of fused-ring (bicyclic) bond motifs is 1. The molecule has 1 N–H and O–H groups in total. The van der Waals surface area contributed by atoms with Crippen LogP contribution in [0.25, 0.3) is 0 Å². The number of hydrogen-bond acceptors (Lipinski definition) is 4. The fraction of sp³-hybridized carbons (Fsp3) is 0.308. The summed E-state index contributed by atoms with van der Waals surface area (Å²) in [5, 5.41) is 2.97. The molecule has 1 aromatic rings. The quantitative estimate of drug-likeness (QED) is 0.474. The van der Waals surface area contributed by atoms with Crippen LogP contribution in [0, 0.1) is 0 Å². The number of Topliss-reactive ketones (excluding diaryl/α,β-unsaturated/α-hetero) is 1. The van der Waals surface area contributed by atoms with Gasteiger partial charge >= 0.3 is 0 Å². The SMILES string of the molecule is C=CCNCC(=O)c1ccc2c(c1)OCCO2. The molecule has 0 fully saturated rings. The maximum absolute atomic E-state index is 11.8. The number of ether oxygens (including phenoxy) is 2. The van der Waals surface area contributed by atoms with Crippen LogP contribution in [0.3, 0.4) is 0 Å². The Morgan fingerprint density at radius 3 is 2.88 bits per heavy atom. The van der Waals surface area contributed by atoms with E-state index in [1.54, 1.807) is 24.3 Å². The lowest BCUT2D eigenvalue weighted by atomic mass is 10.1. The molecule has 1 aliphatic heterocycles. The molecule has 1 aliphatic rings. The van der Waals surface area contributed by atoms with Gasteiger partial charge in [0.1, 0.15) is 13.2 Å². The molecule has 2 rings (SSSR count). The molecule has 0 aromatic heterocycles. The zero-order chi connectivity index (χ0) is 12.1. The van der Waals surface area contributed by atoms with E-state index >= 15 is 0 Å². The van der Waals surface area contributed by atoms with E-state index in [0.29, 0.717) is 43.4 Å². The third-order valence-corrected chi connectivity index (χ3v) is 2.44. The molecule has 0 atom stereocenters. The zero-order valence-corrected chi connectivity index (χ0v) is 9.57. The van der Waals surface area contributed by atoms with E-state index in [1.165, 1.54) is 0 Å². The molecule has 0 radical (unpaired) electrons. The first-order valence-corrected chi connectivity index (χ1v) is 5.55. The Morgan fingerprint density at radius 1 is 1.35 bits per heavy atom. The van der Waals surface area contributed by atoms with Gasteiger partial charge in [-0.3, -0.25) is 4.79 Å². The highest BCUT2D eigenvalue weighted by atomic mass is 16.6. The maximum Gasteiger partial charge on any atom is 0.176 e. The Balaban J connectivity index is 2.05. The van der Waals surface area contributed by atoms with Crippen molar-refractivity contribution in [2.24, 2.45) is 0 Å². The highest BCUT2D eigenvalue weighted by Gasteiger charge is 2.14. The molecule has 90 valence electrons. The Bertz CT molecular complexity index is 429. The largest absolute Gasteiger partial charge is 0.486 e. The van der Waals surface area contributed by atoms with E-state index in [4.69, 9.17) is 9.47 Å². The lowest BCUT2D eigenvalue weighted by Crippen LogP contribution is -2.23. The van der Waals surface area contributed by atoms with Gasteiger partial charge in [0, 0.05) is 12.1 Å². The molecule has 0 unspecified atom stereocenters. The highest BCUT2D eigenvalue weighted by molar-refractivity contribution is 5.98. The molecule has 0 saturated heterocycles. The summed E-state index contributed by atoms with van der Waals surface area (Å²) in [6.07, 6.45) is 1.72. The lowest BCUT2D eigenvalue weighted by molar-refractivity contribution is 0.0991. The normalized spacial score (nSPS) is 13.2. The molecule has 4 nitrogen and oxygen atoms in total. The van der Waals surface area contributed by atoms with Gasteiger partial charge in [-0.05, 0) is 18.2 Å². The van der Waals surface area contributed by atoms with Crippen LogP contribution in [0.1, 0.15) is 10.4 Å². The van der Waals surface area contributed by atoms with Crippen molar-refractivity contribution in [3.8, 4) is 11.5 Å². The second-order valence-corrected chi connectivity index (χ2v) is 3.70. The zero-order valence-electron chi connectivity index (χ0n) is 9.57. The average Bonchev–Trinajstić information content (AvgIpc) is 2.38. The Hall–Kier alpha value is -1.81. The predicted octanol–water partition coefficient (Wildman–Crippen LogP) is 1.42. The molecule has 4 heteroatoms. The van der Waals surface area contributed by atoms with Gasteiger partial charge in [0.05, 0.1) is 6.54 Å². The van der Waals surface area contributed by atoms with Crippen LogP contribution in [0.4, 0.5) is 0 Å². The van der Waals surface area contributed by atoms with E-state index in [0.717, 1.165) is 0 Å². The van der Waals surface area contributed by atoms with Gasteiger partial charge in [-0.2, -0.15) is 0 Å². The first-order valence-electron chi connectivity index (χ1n) is 5.55. The van der Waals surface area contributed by atoms with Crippen LogP contribution in [-0.2, 0) is 0 Å². The Labute approximate surface area is 100 Å². The summed E-state index contributed by atoms with van der Waals surface area (Å²) >= 11 is 0. The topological polar surface area (TPSA) is 47.6 Å². The average molecular weight is 233 g/mol. The summed E-state index contributed by atoms with van der Waals surface area (Å²) in [6.45, 7) is 5.58. The molecule has 0 spiro atoms. The van der Waals surface area contributed by atoms with Crippen molar-refractivity contribution in [2.75, 3.05) is 26.3 Å². The minimum atomic E-state index is 0.0313. The standard InChI is InChI=1S/C13H15NO3/c1-2-5-14-9-11(15)10-3-4-12-13(8-10)17-7-6-16-12/h2-4,8,14H,1,5-7,9H2. The van der Waals surface area contributed by atoms with Crippen molar-refractivity contribution in [1.29, 1.82) is 0 Å². The van der Waals surface area contributed by atoms with Crippen molar-refractivity contribution < 1.29 is 14.3 Å². The van der Waals surface area contributed by atoms with Gasteiger partial charge in [-0.25, -0.2) is 0 Å². The van der Waals surface area contributed by atoms with Crippen molar-refractivity contribution in [1.82, 2.24) is 5.32 Å². The third kappa shape index (κ3) is 2.85. The summed E-state index contributed by atoms with van der Waals surface area (Å²) in [5.41, 5.74) is 0.630. The monoisotopic (exact) mass is 233 g/mol. The number of ketones is 1. The van der Waals surface area contributed by atoms with Crippen LogP contribution in [0.2, 0.25) is 0 Å². The summed E-state index contributed by atoms with van der Waals surface area (Å²) < 4.78 is 10.8. The van der Waals surface area contributed by atoms with Gasteiger partial charge in [-0.15, -0.1) is 6.58 Å². The minimum absolute atomic E-state index is 0.0313. The number of carbonyl (C=O) groups is 1. The molecule has 1 heterocycles. The van der Waals surface area contributed by atoms with E-state index in [-0.39, 0.29) is 5.78 Å². The fourth-order valence-corrected chi connectivity index (χ4v) is 1.61. The smallest absolute Gasteiger partial charge is 0.176 e. The van der Waals surface area contributed by atoms with Crippen LogP contribution >= 0.6 is 0 Å². The van der Waals surface area contributed by atoms with Crippen LogP contribution < -0.4 is 14.8 Å². The fourth-order valence-electron chi connectivity index (χ4n) is 1.61. The minimum Gasteiger partial charge on any atom is -0.486 e. The van der Waals surface area contributed by atoms with E-state index < -0.39 is 0 Å². The van der Waals surface area contributed by atoms with Gasteiger partial charge in [-0.1, -0.05) is 6.08 Å². The van der Waals surface area contributed by atoms with Gasteiger partial charge in [0.2, 0.25) is 0 Å². The lowest BCUT2D eigenvalue weighted by Gasteiger charge is -2.18. The molecule has 17 heavy (non-hydrogen) atoms. The molecular formula is C13H15NO3. The highest BCUT2D eigenvalue weighted by Crippen LogP contribution is 2.30. The maximum atomic E-state index is 11.8. The van der Waals surface area contributed by atoms with Gasteiger partial charge in [0.15, 0.2) is 17.3 Å². The Morgan fingerprint density at radius 2 is 2.12 bits per heavy atom. The summed E-state index contributed by atoms with van der Waals surface area (Å²) in [4.78, 5) is 11.8. The molecule has 0 aliphatic carbocycles. The van der Waals surface area contributed by atoms with Crippen LogP contribution in [0.5, 0.6) is 11.5 Å². The number of benzene rings is 1. The second kappa shape index (κ2) is 5.50. The molecular weight excluding hydrogens is 218 g/mol. The number of carbonyl (C=O) groups excluding carboxylic acids is 1. The van der Waals surface area contributed by atoms with Gasteiger partial charge in [0.25, 0.3) is 0 Å². The van der Waals surface area contributed by atoms with Crippen molar-refractivity contribution in [2.45, 2.75) is 0 Å². The molecule has 0 bridgehead atoms. The third-order valence-electron chi connectivity index (χ3n) is 2.44. The first-order chi connectivity index (χ1) is 8.31.